The third-order valence-electron chi connectivity index (χ3n) is 3.88. The Hall–Kier alpha value is 0.01000. The Labute approximate surface area is 138 Å². The zero-order valence-electron chi connectivity index (χ0n) is 12.6. The molecule has 0 heterocycles. The number of allylic oxidation sites excluding steroid dienone is 3. The monoisotopic (exact) mass is 326 g/mol. The smallest absolute Gasteiger partial charge is 0.104 e. The van der Waals surface area contributed by atoms with Crippen LogP contribution in [0.2, 0.25) is 0 Å². The lowest BCUT2D eigenvalue weighted by Crippen LogP contribution is -2.18. The van der Waals surface area contributed by atoms with Gasteiger partial charge >= 0.3 is 0 Å². The quantitative estimate of drug-likeness (QED) is 0.410. The fourth-order valence-electron chi connectivity index (χ4n) is 2.60. The van der Waals surface area contributed by atoms with E-state index >= 15 is 0 Å². The molecule has 0 amide bonds. The van der Waals surface area contributed by atoms with Gasteiger partial charge in [-0.1, -0.05) is 81.6 Å². The van der Waals surface area contributed by atoms with Gasteiger partial charge in [-0.05, 0) is 31.3 Å². The van der Waals surface area contributed by atoms with Gasteiger partial charge < -0.3 is 0 Å². The lowest BCUT2D eigenvalue weighted by Gasteiger charge is -2.27. The molecule has 0 radical (unpaired) electrons. The van der Waals surface area contributed by atoms with Crippen LogP contribution < -0.4 is 0 Å². The minimum absolute atomic E-state index is 0.351. The number of hydrogen-bond acceptors (Lipinski definition) is 3. The third-order valence-corrected chi connectivity index (χ3v) is 6.81. The molecule has 0 spiro atoms. The maximum atomic E-state index is 5.57. The van der Waals surface area contributed by atoms with E-state index in [9.17, 15) is 0 Å². The Bertz CT molecular complexity index is 364. The Kier molecular flexibility index (Phi) is 8.90. The molecule has 0 N–H and O–H groups in total. The van der Waals surface area contributed by atoms with Crippen LogP contribution in [0.25, 0.3) is 0 Å². The molecule has 2 atom stereocenters. The summed E-state index contributed by atoms with van der Waals surface area (Å²) in [4.78, 5) is 0. The highest BCUT2D eigenvalue weighted by molar-refractivity contribution is 8.47. The van der Waals surface area contributed by atoms with E-state index in [4.69, 9.17) is 12.2 Å². The molecule has 0 aromatic carbocycles. The highest BCUT2D eigenvalue weighted by atomic mass is 32.2. The fraction of sp³-hybridized carbons (Fsp3) is 0.588. The molecule has 2 unspecified atom stereocenters. The zero-order valence-corrected chi connectivity index (χ0v) is 15.1. The van der Waals surface area contributed by atoms with E-state index in [1.165, 1.54) is 37.7 Å². The average molecular weight is 327 g/mol. The van der Waals surface area contributed by atoms with Gasteiger partial charge in [-0.15, -0.1) is 11.8 Å². The summed E-state index contributed by atoms with van der Waals surface area (Å²) in [5.74, 6) is 0.852. The number of hydrogen-bond donors (Lipinski definition) is 0. The summed E-state index contributed by atoms with van der Waals surface area (Å²) in [5.41, 5.74) is 1.19. The first kappa shape index (κ1) is 18.1. The van der Waals surface area contributed by atoms with Crippen LogP contribution in [0.1, 0.15) is 46.0 Å². The van der Waals surface area contributed by atoms with E-state index in [0.717, 1.165) is 9.45 Å². The van der Waals surface area contributed by atoms with Crippen molar-refractivity contribution in [1.82, 2.24) is 0 Å². The predicted molar refractivity (Wildman–Crippen MR) is 102 cm³/mol. The molecule has 1 fully saturated rings. The van der Waals surface area contributed by atoms with Crippen molar-refractivity contribution in [3.63, 3.8) is 0 Å². The first-order chi connectivity index (χ1) is 9.58. The molecule has 1 saturated carbocycles. The first-order valence-corrected chi connectivity index (χ1v) is 9.57. The molecule has 1 aliphatic carbocycles. The van der Waals surface area contributed by atoms with Crippen LogP contribution >= 0.6 is 35.7 Å². The third kappa shape index (κ3) is 6.19. The predicted octanol–water partition coefficient (Wildman–Crippen LogP) is 6.39. The minimum atomic E-state index is 0.351. The first-order valence-electron chi connectivity index (χ1n) is 7.40. The standard InChI is InChI=1S/C17H26S3/c1-5-10-15(6-2)13(3)19-17(18)20-14(4)16-11-8-7-9-12-16/h5-6,10,13-14,16H,1-2,7-9,11-12H2,3-4H3/b15-10+. The van der Waals surface area contributed by atoms with Crippen molar-refractivity contribution in [3.8, 4) is 0 Å². The van der Waals surface area contributed by atoms with E-state index in [1.807, 2.05) is 30.0 Å². The van der Waals surface area contributed by atoms with E-state index in [2.05, 4.69) is 27.0 Å². The Morgan fingerprint density at radius 1 is 1.15 bits per heavy atom. The van der Waals surface area contributed by atoms with Crippen molar-refractivity contribution in [1.29, 1.82) is 0 Å². The van der Waals surface area contributed by atoms with Gasteiger partial charge in [-0.2, -0.15) is 0 Å². The summed E-state index contributed by atoms with van der Waals surface area (Å²) < 4.78 is 1.06. The summed E-state index contributed by atoms with van der Waals surface area (Å²) in [6.45, 7) is 12.1. The molecule has 0 nitrogen and oxygen atoms in total. The van der Waals surface area contributed by atoms with Gasteiger partial charge in [0.1, 0.15) is 3.53 Å². The van der Waals surface area contributed by atoms with Crippen molar-refractivity contribution < 1.29 is 0 Å². The Balaban J connectivity index is 2.43. The van der Waals surface area contributed by atoms with Crippen molar-refractivity contribution in [3.05, 3.63) is 37.0 Å². The Morgan fingerprint density at radius 2 is 1.80 bits per heavy atom. The average Bonchev–Trinajstić information content (AvgIpc) is 2.45. The molecular weight excluding hydrogens is 300 g/mol. The molecule has 0 aromatic rings. The lowest BCUT2D eigenvalue weighted by molar-refractivity contribution is 0.357. The SMILES string of the molecule is C=C/C=C(\C=C)C(C)SC(=S)SC(C)C1CCCCC1. The second-order valence-electron chi connectivity index (χ2n) is 5.34. The van der Waals surface area contributed by atoms with E-state index in [-0.39, 0.29) is 0 Å². The molecule has 20 heavy (non-hydrogen) atoms. The van der Waals surface area contributed by atoms with Crippen molar-refractivity contribution >= 4 is 39.3 Å². The zero-order chi connectivity index (χ0) is 15.0. The van der Waals surface area contributed by atoms with E-state index in [0.29, 0.717) is 10.5 Å². The molecule has 112 valence electrons. The van der Waals surface area contributed by atoms with Gasteiger partial charge in [0, 0.05) is 10.5 Å². The maximum absolute atomic E-state index is 5.57. The van der Waals surface area contributed by atoms with Gasteiger partial charge in [-0.3, -0.25) is 0 Å². The van der Waals surface area contributed by atoms with Crippen LogP contribution in [0, 0.1) is 5.92 Å². The van der Waals surface area contributed by atoms with Gasteiger partial charge in [0.2, 0.25) is 0 Å². The highest BCUT2D eigenvalue weighted by Gasteiger charge is 2.22. The molecule has 0 bridgehead atoms. The van der Waals surface area contributed by atoms with E-state index < -0.39 is 0 Å². The molecule has 0 aliphatic heterocycles. The van der Waals surface area contributed by atoms with Crippen molar-refractivity contribution in [2.45, 2.75) is 56.5 Å². The summed E-state index contributed by atoms with van der Waals surface area (Å²) >= 11 is 9.22. The molecular formula is C17H26S3. The highest BCUT2D eigenvalue weighted by Crippen LogP contribution is 2.36. The number of thioether (sulfide) groups is 2. The number of thiocarbonyl (C=S) groups is 1. The summed E-state index contributed by atoms with van der Waals surface area (Å²) in [7, 11) is 0. The van der Waals surface area contributed by atoms with Crippen LogP contribution in [0.5, 0.6) is 0 Å². The second-order valence-corrected chi connectivity index (χ2v) is 9.26. The van der Waals surface area contributed by atoms with Crippen LogP contribution in [0.4, 0.5) is 0 Å². The summed E-state index contributed by atoms with van der Waals surface area (Å²) in [6.07, 6.45) is 12.7. The minimum Gasteiger partial charge on any atom is -0.104 e. The van der Waals surface area contributed by atoms with Crippen molar-refractivity contribution in [2.24, 2.45) is 5.92 Å². The van der Waals surface area contributed by atoms with E-state index in [1.54, 1.807) is 11.8 Å². The molecule has 3 heteroatoms. The molecule has 1 aliphatic rings. The molecule has 0 saturated heterocycles. The number of rotatable bonds is 6. The van der Waals surface area contributed by atoms with Gasteiger partial charge in [0.25, 0.3) is 0 Å². The Morgan fingerprint density at radius 3 is 2.35 bits per heavy atom. The topological polar surface area (TPSA) is 0 Å². The van der Waals surface area contributed by atoms with Gasteiger partial charge in [-0.25, -0.2) is 0 Å². The van der Waals surface area contributed by atoms with Crippen LogP contribution in [0.3, 0.4) is 0 Å². The lowest BCUT2D eigenvalue weighted by atomic mass is 9.87. The second kappa shape index (κ2) is 9.86. The molecule has 1 rings (SSSR count). The maximum Gasteiger partial charge on any atom is 0.105 e. The summed E-state index contributed by atoms with van der Waals surface area (Å²) in [5, 5.41) is 1.00. The summed E-state index contributed by atoms with van der Waals surface area (Å²) in [6, 6.07) is 0. The van der Waals surface area contributed by atoms with Crippen molar-refractivity contribution in [2.75, 3.05) is 0 Å². The normalized spacial score (nSPS) is 20.2. The fourth-order valence-corrected chi connectivity index (χ4v) is 5.96. The van der Waals surface area contributed by atoms with Crippen LogP contribution in [-0.2, 0) is 0 Å². The van der Waals surface area contributed by atoms with Crippen LogP contribution in [-0.4, -0.2) is 14.0 Å². The molecule has 0 aromatic heterocycles. The van der Waals surface area contributed by atoms with Gasteiger partial charge in [0.05, 0.1) is 0 Å². The largest absolute Gasteiger partial charge is 0.105 e. The van der Waals surface area contributed by atoms with Gasteiger partial charge in [0.15, 0.2) is 0 Å². The van der Waals surface area contributed by atoms with Crippen LogP contribution in [0.15, 0.2) is 37.0 Å².